The van der Waals surface area contributed by atoms with Crippen LogP contribution in [0.5, 0.6) is 5.75 Å². The number of halogens is 5. The number of ketones is 1. The average molecular weight is 377 g/mol. The predicted molar refractivity (Wildman–Crippen MR) is 79.4 cm³/mol. The van der Waals surface area contributed by atoms with Crippen LogP contribution >= 0.6 is 11.6 Å². The second-order valence-electron chi connectivity index (χ2n) is 4.88. The van der Waals surface area contributed by atoms with Gasteiger partial charge < -0.3 is 9.84 Å². The van der Waals surface area contributed by atoms with Crippen molar-refractivity contribution in [3.05, 3.63) is 63.9 Å². The molecular formula is C16H9ClF4O4. The van der Waals surface area contributed by atoms with E-state index in [1.54, 1.807) is 0 Å². The molecule has 9 heteroatoms. The molecule has 0 spiro atoms. The van der Waals surface area contributed by atoms with Crippen molar-refractivity contribution in [1.29, 1.82) is 0 Å². The third-order valence-electron chi connectivity index (χ3n) is 3.02. The van der Waals surface area contributed by atoms with Gasteiger partial charge in [-0.1, -0.05) is 11.6 Å². The lowest BCUT2D eigenvalue weighted by Crippen LogP contribution is -2.13. The van der Waals surface area contributed by atoms with E-state index in [9.17, 15) is 27.2 Å². The van der Waals surface area contributed by atoms with Gasteiger partial charge in [-0.2, -0.15) is 13.2 Å². The number of carbonyl (C=O) groups excluding carboxylic acids is 1. The van der Waals surface area contributed by atoms with Crippen LogP contribution in [0.2, 0.25) is 5.02 Å². The molecule has 0 radical (unpaired) electrons. The Hall–Kier alpha value is -2.61. The first kappa shape index (κ1) is 18.7. The number of hydrogen-bond acceptors (Lipinski definition) is 3. The number of ether oxygens (including phenoxy) is 1. The van der Waals surface area contributed by atoms with Gasteiger partial charge in [-0.05, 0) is 36.4 Å². The fourth-order valence-corrected chi connectivity index (χ4v) is 2.16. The molecule has 25 heavy (non-hydrogen) atoms. The number of alkyl halides is 3. The summed E-state index contributed by atoms with van der Waals surface area (Å²) in [6.45, 7) is -0.779. The molecule has 0 aliphatic heterocycles. The van der Waals surface area contributed by atoms with E-state index in [1.807, 2.05) is 0 Å². The summed E-state index contributed by atoms with van der Waals surface area (Å²) in [5, 5.41) is 8.70. The van der Waals surface area contributed by atoms with Gasteiger partial charge in [0.15, 0.2) is 12.4 Å². The van der Waals surface area contributed by atoms with Crippen molar-refractivity contribution in [1.82, 2.24) is 0 Å². The molecule has 0 fully saturated rings. The number of benzene rings is 2. The first-order valence-electron chi connectivity index (χ1n) is 6.64. The van der Waals surface area contributed by atoms with E-state index >= 15 is 0 Å². The van der Waals surface area contributed by atoms with E-state index in [0.29, 0.717) is 12.1 Å². The molecule has 4 nitrogen and oxygen atoms in total. The maximum absolute atomic E-state index is 13.5. The van der Waals surface area contributed by atoms with Crippen LogP contribution in [0.1, 0.15) is 21.5 Å². The molecule has 0 heterocycles. The number of aliphatic carboxylic acids is 1. The van der Waals surface area contributed by atoms with E-state index in [0.717, 1.165) is 6.07 Å². The minimum atomic E-state index is -4.84. The van der Waals surface area contributed by atoms with E-state index in [4.69, 9.17) is 21.4 Å². The summed E-state index contributed by atoms with van der Waals surface area (Å²) < 4.78 is 56.7. The molecule has 0 unspecified atom stereocenters. The Morgan fingerprint density at radius 3 is 2.40 bits per heavy atom. The van der Waals surface area contributed by atoms with Crippen LogP contribution in [0.25, 0.3) is 0 Å². The van der Waals surface area contributed by atoms with Crippen molar-refractivity contribution < 1.29 is 37.0 Å². The second-order valence-corrected chi connectivity index (χ2v) is 5.31. The van der Waals surface area contributed by atoms with Crippen LogP contribution in [-0.4, -0.2) is 23.5 Å². The molecule has 0 amide bonds. The Balaban J connectivity index is 2.49. The molecule has 2 aromatic rings. The Morgan fingerprint density at radius 1 is 1.12 bits per heavy atom. The molecule has 0 aliphatic rings. The highest BCUT2D eigenvalue weighted by molar-refractivity contribution is 6.31. The van der Waals surface area contributed by atoms with E-state index in [2.05, 4.69) is 0 Å². The Kier molecular flexibility index (Phi) is 5.32. The molecule has 2 aromatic carbocycles. The summed E-state index contributed by atoms with van der Waals surface area (Å²) >= 11 is 5.77. The molecule has 132 valence electrons. The summed E-state index contributed by atoms with van der Waals surface area (Å²) in [7, 11) is 0. The third-order valence-corrected chi connectivity index (χ3v) is 3.26. The highest BCUT2D eigenvalue weighted by Gasteiger charge is 2.32. The van der Waals surface area contributed by atoms with E-state index in [-0.39, 0.29) is 22.4 Å². The zero-order valence-corrected chi connectivity index (χ0v) is 13.0. The zero-order valence-electron chi connectivity index (χ0n) is 12.2. The highest BCUT2D eigenvalue weighted by Crippen LogP contribution is 2.32. The normalized spacial score (nSPS) is 11.2. The summed E-state index contributed by atoms with van der Waals surface area (Å²) in [5.74, 6) is -3.76. The number of hydrogen-bond donors (Lipinski definition) is 1. The highest BCUT2D eigenvalue weighted by atomic mass is 35.5. The smallest absolute Gasteiger partial charge is 0.416 e. The molecule has 0 saturated carbocycles. The molecule has 0 bridgehead atoms. The van der Waals surface area contributed by atoms with Crippen molar-refractivity contribution in [2.75, 3.05) is 6.61 Å². The van der Waals surface area contributed by atoms with Crippen LogP contribution < -0.4 is 4.74 Å². The van der Waals surface area contributed by atoms with Crippen molar-refractivity contribution in [2.24, 2.45) is 0 Å². The first-order valence-corrected chi connectivity index (χ1v) is 7.02. The van der Waals surface area contributed by atoms with E-state index in [1.165, 1.54) is 12.1 Å². The SMILES string of the molecule is O=C(O)COc1ccc(Cl)cc1C(=O)c1cc(F)cc(C(F)(F)F)c1. The lowest BCUT2D eigenvalue weighted by atomic mass is 10.00. The van der Waals surface area contributed by atoms with Crippen molar-refractivity contribution in [3.8, 4) is 5.75 Å². The van der Waals surface area contributed by atoms with Crippen molar-refractivity contribution >= 4 is 23.4 Å². The lowest BCUT2D eigenvalue weighted by molar-refractivity contribution is -0.139. The Labute approximate surface area is 143 Å². The fourth-order valence-electron chi connectivity index (χ4n) is 1.98. The lowest BCUT2D eigenvalue weighted by Gasteiger charge is -2.12. The van der Waals surface area contributed by atoms with Gasteiger partial charge in [-0.3, -0.25) is 4.79 Å². The summed E-state index contributed by atoms with van der Waals surface area (Å²) in [4.78, 5) is 23.1. The number of carbonyl (C=O) groups is 2. The molecule has 0 atom stereocenters. The molecular weight excluding hydrogens is 368 g/mol. The van der Waals surface area contributed by atoms with Crippen LogP contribution in [0.3, 0.4) is 0 Å². The van der Waals surface area contributed by atoms with Crippen molar-refractivity contribution in [2.45, 2.75) is 6.18 Å². The average Bonchev–Trinajstić information content (AvgIpc) is 2.51. The summed E-state index contributed by atoms with van der Waals surface area (Å²) in [5.41, 5.74) is -2.19. The summed E-state index contributed by atoms with van der Waals surface area (Å²) in [6, 6.07) is 4.99. The monoisotopic (exact) mass is 376 g/mol. The van der Waals surface area contributed by atoms with Gasteiger partial charge in [0.1, 0.15) is 11.6 Å². The van der Waals surface area contributed by atoms with Crippen LogP contribution in [0, 0.1) is 5.82 Å². The Morgan fingerprint density at radius 2 is 1.80 bits per heavy atom. The first-order chi connectivity index (χ1) is 11.6. The number of carboxylic acid groups (broad SMARTS) is 1. The number of rotatable bonds is 5. The molecule has 0 saturated heterocycles. The fraction of sp³-hybridized carbons (Fsp3) is 0.125. The molecule has 0 aromatic heterocycles. The van der Waals surface area contributed by atoms with Gasteiger partial charge in [0.05, 0.1) is 11.1 Å². The Bertz CT molecular complexity index is 833. The van der Waals surface area contributed by atoms with Gasteiger partial charge in [0, 0.05) is 10.6 Å². The third kappa shape index (κ3) is 4.69. The van der Waals surface area contributed by atoms with Crippen LogP contribution in [-0.2, 0) is 11.0 Å². The maximum Gasteiger partial charge on any atom is 0.416 e. The molecule has 1 N–H and O–H groups in total. The topological polar surface area (TPSA) is 63.6 Å². The molecule has 2 rings (SSSR count). The minimum absolute atomic E-state index is 0.0680. The van der Waals surface area contributed by atoms with Gasteiger partial charge in [0.2, 0.25) is 0 Å². The van der Waals surface area contributed by atoms with E-state index < -0.39 is 41.5 Å². The van der Waals surface area contributed by atoms with Gasteiger partial charge in [-0.25, -0.2) is 9.18 Å². The van der Waals surface area contributed by atoms with Crippen LogP contribution in [0.15, 0.2) is 36.4 Å². The number of carboxylic acids is 1. The predicted octanol–water partition coefficient (Wildman–Crippen LogP) is 4.19. The second kappa shape index (κ2) is 7.10. The van der Waals surface area contributed by atoms with Gasteiger partial charge in [0.25, 0.3) is 0 Å². The van der Waals surface area contributed by atoms with Crippen LogP contribution in [0.4, 0.5) is 17.6 Å². The zero-order chi connectivity index (χ0) is 18.8. The summed E-state index contributed by atoms with van der Waals surface area (Å²) in [6.07, 6.45) is -4.84. The molecule has 0 aliphatic carbocycles. The maximum atomic E-state index is 13.5. The standard InChI is InChI=1S/C16H9ClF4O4/c17-10-1-2-13(25-7-14(22)23)12(6-10)15(24)8-3-9(16(19,20)21)5-11(18)4-8/h1-6H,7H2,(H,22,23). The largest absolute Gasteiger partial charge is 0.481 e. The van der Waals surface area contributed by atoms with Gasteiger partial charge >= 0.3 is 12.1 Å². The van der Waals surface area contributed by atoms with Gasteiger partial charge in [-0.15, -0.1) is 0 Å². The van der Waals surface area contributed by atoms with Crippen molar-refractivity contribution in [3.63, 3.8) is 0 Å². The quantitative estimate of drug-likeness (QED) is 0.627. The minimum Gasteiger partial charge on any atom is -0.481 e.